The van der Waals surface area contributed by atoms with Crippen molar-refractivity contribution in [3.63, 3.8) is 0 Å². The van der Waals surface area contributed by atoms with E-state index in [9.17, 15) is 4.79 Å². The van der Waals surface area contributed by atoms with Gasteiger partial charge in [-0.25, -0.2) is 0 Å². The maximum Gasteiger partial charge on any atom is 0.192 e. The van der Waals surface area contributed by atoms with Gasteiger partial charge in [-0.2, -0.15) is 5.10 Å². The van der Waals surface area contributed by atoms with Crippen molar-refractivity contribution in [2.24, 2.45) is 0 Å². The molecule has 0 aromatic carbocycles. The first-order valence-electron chi connectivity index (χ1n) is 3.30. The Balaban J connectivity index is 0.000000720. The second kappa shape index (κ2) is 2.98. The van der Waals surface area contributed by atoms with Gasteiger partial charge in [0.05, 0.1) is 11.6 Å². The van der Waals surface area contributed by atoms with E-state index in [0.29, 0.717) is 11.0 Å². The van der Waals surface area contributed by atoms with Crippen molar-refractivity contribution in [1.82, 2.24) is 15.2 Å². The summed E-state index contributed by atoms with van der Waals surface area (Å²) in [6, 6.07) is 1.55. The van der Waals surface area contributed by atoms with Crippen molar-refractivity contribution < 1.29 is 0 Å². The Morgan fingerprint density at radius 2 is 2.25 bits per heavy atom. The standard InChI is InChI=1S/C7H7N3O.ClH/c1-4-2-6(11)5-3-8-10-7(5)9-4;/h2-3H,1H3,(H2,8,9,10,11);1H. The third-order valence-electron chi connectivity index (χ3n) is 1.57. The smallest absolute Gasteiger partial charge is 0.192 e. The van der Waals surface area contributed by atoms with Crippen LogP contribution in [0.3, 0.4) is 0 Å². The highest BCUT2D eigenvalue weighted by Gasteiger charge is 1.99. The number of aryl methyl sites for hydroxylation is 1. The maximum atomic E-state index is 11.2. The number of hydrogen-bond acceptors (Lipinski definition) is 2. The van der Waals surface area contributed by atoms with Gasteiger partial charge in [-0.15, -0.1) is 12.4 Å². The predicted molar refractivity (Wildman–Crippen MR) is 48.7 cm³/mol. The van der Waals surface area contributed by atoms with E-state index in [0.717, 1.165) is 5.69 Å². The van der Waals surface area contributed by atoms with Gasteiger partial charge in [-0.3, -0.25) is 9.89 Å². The van der Waals surface area contributed by atoms with Crippen molar-refractivity contribution in [2.75, 3.05) is 0 Å². The van der Waals surface area contributed by atoms with Crippen LogP contribution in [0, 0.1) is 6.92 Å². The van der Waals surface area contributed by atoms with Crippen LogP contribution in [-0.4, -0.2) is 15.2 Å². The minimum absolute atomic E-state index is 0. The third-order valence-corrected chi connectivity index (χ3v) is 1.57. The molecule has 0 bridgehead atoms. The lowest BCUT2D eigenvalue weighted by Crippen LogP contribution is -2.00. The molecule has 2 rings (SSSR count). The second-order valence-corrected chi connectivity index (χ2v) is 2.48. The molecule has 2 aromatic heterocycles. The van der Waals surface area contributed by atoms with Crippen LogP contribution in [-0.2, 0) is 0 Å². The van der Waals surface area contributed by atoms with Crippen LogP contribution < -0.4 is 5.43 Å². The molecule has 2 N–H and O–H groups in total. The van der Waals surface area contributed by atoms with Crippen LogP contribution in [0.15, 0.2) is 17.1 Å². The van der Waals surface area contributed by atoms with E-state index in [2.05, 4.69) is 15.2 Å². The Kier molecular flexibility index (Phi) is 2.19. The fraction of sp³-hybridized carbons (Fsp3) is 0.143. The number of H-pyrrole nitrogens is 2. The molecule has 0 unspecified atom stereocenters. The molecule has 0 spiro atoms. The normalized spacial score (nSPS) is 9.75. The summed E-state index contributed by atoms with van der Waals surface area (Å²) in [4.78, 5) is 14.2. The number of nitrogens with one attached hydrogen (secondary N) is 2. The Bertz CT molecular complexity index is 445. The maximum absolute atomic E-state index is 11.2. The molecule has 4 nitrogen and oxygen atoms in total. The van der Waals surface area contributed by atoms with Crippen molar-refractivity contribution in [3.05, 3.63) is 28.2 Å². The zero-order chi connectivity index (χ0) is 7.84. The van der Waals surface area contributed by atoms with Gasteiger partial charge in [0.15, 0.2) is 5.43 Å². The average Bonchev–Trinajstić information content (AvgIpc) is 2.34. The van der Waals surface area contributed by atoms with Crippen LogP contribution in [0.2, 0.25) is 0 Å². The number of pyridine rings is 1. The molecule has 0 radical (unpaired) electrons. The van der Waals surface area contributed by atoms with Crippen LogP contribution >= 0.6 is 12.4 Å². The molecule has 5 heteroatoms. The fourth-order valence-corrected chi connectivity index (χ4v) is 1.08. The fourth-order valence-electron chi connectivity index (χ4n) is 1.08. The lowest BCUT2D eigenvalue weighted by molar-refractivity contribution is 1.09. The zero-order valence-corrected chi connectivity index (χ0v) is 7.23. The average molecular weight is 186 g/mol. The minimum atomic E-state index is 0. The summed E-state index contributed by atoms with van der Waals surface area (Å²) in [7, 11) is 0. The van der Waals surface area contributed by atoms with Gasteiger partial charge >= 0.3 is 0 Å². The molecule has 12 heavy (non-hydrogen) atoms. The number of aromatic amines is 2. The number of fused-ring (bicyclic) bond motifs is 1. The summed E-state index contributed by atoms with van der Waals surface area (Å²) in [6.45, 7) is 1.84. The van der Waals surface area contributed by atoms with E-state index in [1.165, 1.54) is 6.20 Å². The van der Waals surface area contributed by atoms with Gasteiger partial charge in [0, 0.05) is 11.8 Å². The number of hydrogen-bond donors (Lipinski definition) is 2. The van der Waals surface area contributed by atoms with Crippen molar-refractivity contribution in [3.8, 4) is 0 Å². The molecule has 0 aliphatic rings. The largest absolute Gasteiger partial charge is 0.344 e. The van der Waals surface area contributed by atoms with E-state index in [1.807, 2.05) is 6.92 Å². The van der Waals surface area contributed by atoms with Crippen LogP contribution in [0.4, 0.5) is 0 Å². The van der Waals surface area contributed by atoms with Gasteiger partial charge < -0.3 is 4.98 Å². The summed E-state index contributed by atoms with van der Waals surface area (Å²) in [6.07, 6.45) is 1.52. The van der Waals surface area contributed by atoms with Gasteiger partial charge in [-0.05, 0) is 6.92 Å². The molecule has 2 aromatic rings. The van der Waals surface area contributed by atoms with E-state index in [1.54, 1.807) is 6.07 Å². The van der Waals surface area contributed by atoms with Crippen LogP contribution in [0.5, 0.6) is 0 Å². The highest BCUT2D eigenvalue weighted by atomic mass is 35.5. The topological polar surface area (TPSA) is 61.5 Å². The van der Waals surface area contributed by atoms with E-state index in [4.69, 9.17) is 0 Å². The summed E-state index contributed by atoms with van der Waals surface area (Å²) >= 11 is 0. The van der Waals surface area contributed by atoms with Gasteiger partial charge in [-0.1, -0.05) is 0 Å². The highest BCUT2D eigenvalue weighted by molar-refractivity contribution is 5.85. The summed E-state index contributed by atoms with van der Waals surface area (Å²) in [5.41, 5.74) is 1.53. The molecule has 0 aliphatic carbocycles. The Morgan fingerprint density at radius 3 is 3.00 bits per heavy atom. The van der Waals surface area contributed by atoms with Crippen LogP contribution in [0.25, 0.3) is 11.0 Å². The Morgan fingerprint density at radius 1 is 1.50 bits per heavy atom. The molecule has 0 atom stereocenters. The molecule has 64 valence electrons. The lowest BCUT2D eigenvalue weighted by atomic mass is 10.3. The number of rotatable bonds is 0. The molecule has 0 saturated carbocycles. The molecule has 0 saturated heterocycles. The van der Waals surface area contributed by atoms with E-state index < -0.39 is 0 Å². The molecule has 0 fully saturated rings. The second-order valence-electron chi connectivity index (χ2n) is 2.48. The summed E-state index contributed by atoms with van der Waals surface area (Å²) in [5, 5.41) is 7.05. The summed E-state index contributed by atoms with van der Waals surface area (Å²) < 4.78 is 0. The van der Waals surface area contributed by atoms with Crippen molar-refractivity contribution >= 4 is 23.4 Å². The molecule has 0 aliphatic heterocycles. The first-order chi connectivity index (χ1) is 5.27. The number of aromatic nitrogens is 3. The SMILES string of the molecule is Cc1cc(=O)c2cn[nH]c2[nH]1.Cl. The lowest BCUT2D eigenvalue weighted by Gasteiger charge is -1.90. The molecule has 2 heterocycles. The zero-order valence-electron chi connectivity index (χ0n) is 6.42. The van der Waals surface area contributed by atoms with Crippen molar-refractivity contribution in [2.45, 2.75) is 6.92 Å². The van der Waals surface area contributed by atoms with Gasteiger partial charge in [0.2, 0.25) is 0 Å². The number of halogens is 1. The van der Waals surface area contributed by atoms with E-state index in [-0.39, 0.29) is 17.8 Å². The van der Waals surface area contributed by atoms with Gasteiger partial charge in [0.25, 0.3) is 0 Å². The first-order valence-corrected chi connectivity index (χ1v) is 3.30. The molecule has 0 amide bonds. The minimum Gasteiger partial charge on any atom is -0.344 e. The number of nitrogens with zero attached hydrogens (tertiary/aromatic N) is 1. The van der Waals surface area contributed by atoms with E-state index >= 15 is 0 Å². The summed E-state index contributed by atoms with van der Waals surface area (Å²) in [5.74, 6) is 0. The van der Waals surface area contributed by atoms with Gasteiger partial charge in [0.1, 0.15) is 5.65 Å². The molecular formula is C7H8ClN3O. The first kappa shape index (κ1) is 8.80. The molecular weight excluding hydrogens is 178 g/mol. The highest BCUT2D eigenvalue weighted by Crippen LogP contribution is 2.01. The Hall–Kier alpha value is -1.29. The quantitative estimate of drug-likeness (QED) is 0.643. The van der Waals surface area contributed by atoms with Crippen molar-refractivity contribution in [1.29, 1.82) is 0 Å². The Labute approximate surface area is 74.4 Å². The van der Waals surface area contributed by atoms with Crippen LogP contribution in [0.1, 0.15) is 5.69 Å². The monoisotopic (exact) mass is 185 g/mol. The third kappa shape index (κ3) is 1.21. The predicted octanol–water partition coefficient (Wildman–Crippen LogP) is 0.981.